The summed E-state index contributed by atoms with van der Waals surface area (Å²) in [5.41, 5.74) is 0.911. The number of nitrogens with zero attached hydrogens (tertiary/aromatic N) is 5. The Kier molecular flexibility index (Phi) is 3.97. The van der Waals surface area contributed by atoms with Gasteiger partial charge in [0.2, 0.25) is 0 Å². The smallest absolute Gasteiger partial charge is 0.324 e. The quantitative estimate of drug-likeness (QED) is 0.768. The summed E-state index contributed by atoms with van der Waals surface area (Å²) < 4.78 is 10.9. The molecule has 8 nitrogen and oxygen atoms in total. The van der Waals surface area contributed by atoms with Crippen molar-refractivity contribution in [2.75, 3.05) is 56.2 Å². The molecule has 2 saturated heterocycles. The van der Waals surface area contributed by atoms with Crippen molar-refractivity contribution in [2.45, 2.75) is 0 Å². The van der Waals surface area contributed by atoms with E-state index in [9.17, 15) is 4.79 Å². The lowest BCUT2D eigenvalue weighted by molar-refractivity contribution is 0.00900. The molecule has 1 aromatic heterocycles. The molecule has 0 bridgehead atoms. The van der Waals surface area contributed by atoms with Gasteiger partial charge in [-0.2, -0.15) is 0 Å². The molecule has 28 heavy (non-hydrogen) atoms. The highest BCUT2D eigenvalue weighted by atomic mass is 35.5. The van der Waals surface area contributed by atoms with E-state index in [2.05, 4.69) is 14.9 Å². The summed E-state index contributed by atoms with van der Waals surface area (Å²) in [5.74, 6) is 1.96. The predicted octanol–water partition coefficient (Wildman–Crippen LogP) is 2.28. The van der Waals surface area contributed by atoms with Gasteiger partial charge >= 0.3 is 6.03 Å². The number of amides is 2. The van der Waals surface area contributed by atoms with Gasteiger partial charge in [0.25, 0.3) is 5.88 Å². The lowest BCUT2D eigenvalue weighted by Gasteiger charge is -2.60. The van der Waals surface area contributed by atoms with Crippen LogP contribution in [-0.4, -0.2) is 67.3 Å². The van der Waals surface area contributed by atoms with E-state index in [1.54, 1.807) is 36.5 Å². The third-order valence-electron chi connectivity index (χ3n) is 5.53. The minimum atomic E-state index is 0.0213. The molecule has 2 aromatic rings. The average molecular weight is 402 g/mol. The molecule has 0 saturated carbocycles. The first-order valence-corrected chi connectivity index (χ1v) is 9.55. The maximum atomic E-state index is 13.0. The van der Waals surface area contributed by atoms with Crippen molar-refractivity contribution in [1.29, 1.82) is 0 Å². The third kappa shape index (κ3) is 2.71. The van der Waals surface area contributed by atoms with E-state index in [1.807, 2.05) is 11.0 Å². The van der Waals surface area contributed by atoms with Crippen LogP contribution in [0.25, 0.3) is 0 Å². The zero-order chi connectivity index (χ0) is 19.3. The van der Waals surface area contributed by atoms with E-state index in [4.69, 9.17) is 21.1 Å². The molecular formula is C19H20ClN5O3. The van der Waals surface area contributed by atoms with Crippen LogP contribution in [0, 0.1) is 5.41 Å². The van der Waals surface area contributed by atoms with Crippen molar-refractivity contribution >= 4 is 29.1 Å². The normalized spacial score (nSPS) is 19.4. The van der Waals surface area contributed by atoms with E-state index in [1.165, 1.54) is 0 Å². The molecule has 0 atom stereocenters. The number of hydrogen-bond acceptors (Lipinski definition) is 6. The Morgan fingerprint density at radius 3 is 2.79 bits per heavy atom. The Morgan fingerprint density at radius 1 is 1.21 bits per heavy atom. The molecule has 146 valence electrons. The summed E-state index contributed by atoms with van der Waals surface area (Å²) in [6, 6.07) is 5.40. The van der Waals surface area contributed by atoms with Crippen molar-refractivity contribution in [3.05, 3.63) is 35.6 Å². The van der Waals surface area contributed by atoms with Crippen LogP contribution < -0.4 is 19.3 Å². The van der Waals surface area contributed by atoms with Gasteiger partial charge < -0.3 is 19.3 Å². The van der Waals surface area contributed by atoms with Crippen LogP contribution in [0.4, 0.5) is 16.3 Å². The summed E-state index contributed by atoms with van der Waals surface area (Å²) in [5, 5.41) is 0.602. The summed E-state index contributed by atoms with van der Waals surface area (Å²) in [4.78, 5) is 27.4. The average Bonchev–Trinajstić information content (AvgIpc) is 2.65. The number of rotatable bonds is 2. The second-order valence-corrected chi connectivity index (χ2v) is 7.93. The minimum absolute atomic E-state index is 0.0213. The molecular weight excluding hydrogens is 382 g/mol. The number of benzene rings is 1. The molecule has 3 aliphatic rings. The van der Waals surface area contributed by atoms with Crippen LogP contribution in [0.5, 0.6) is 11.6 Å². The number of anilines is 2. The van der Waals surface area contributed by atoms with Gasteiger partial charge in [-0.05, 0) is 12.1 Å². The van der Waals surface area contributed by atoms with Crippen molar-refractivity contribution in [1.82, 2.24) is 14.9 Å². The fourth-order valence-electron chi connectivity index (χ4n) is 4.25. The van der Waals surface area contributed by atoms with E-state index >= 15 is 0 Å². The van der Waals surface area contributed by atoms with Gasteiger partial charge in [-0.15, -0.1) is 0 Å². The number of halogens is 1. The van der Waals surface area contributed by atoms with Crippen molar-refractivity contribution in [3.63, 3.8) is 0 Å². The first-order valence-electron chi connectivity index (χ1n) is 9.17. The summed E-state index contributed by atoms with van der Waals surface area (Å²) in [7, 11) is 1.60. The maximum absolute atomic E-state index is 13.0. The molecule has 0 aliphatic carbocycles. The van der Waals surface area contributed by atoms with E-state index in [0.29, 0.717) is 29.8 Å². The topological polar surface area (TPSA) is 71.0 Å². The zero-order valence-electron chi connectivity index (χ0n) is 15.5. The van der Waals surface area contributed by atoms with Crippen LogP contribution in [0.1, 0.15) is 0 Å². The molecule has 2 fully saturated rings. The van der Waals surface area contributed by atoms with Crippen LogP contribution in [-0.2, 0) is 0 Å². The van der Waals surface area contributed by atoms with Gasteiger partial charge in [0, 0.05) is 55.1 Å². The molecule has 9 heteroatoms. The molecule has 5 rings (SSSR count). The number of fused-ring (bicyclic) bond motifs is 1. The molecule has 2 amide bonds. The lowest BCUT2D eigenvalue weighted by atomic mass is 9.73. The third-order valence-corrected chi connectivity index (χ3v) is 5.77. The lowest BCUT2D eigenvalue weighted by Crippen LogP contribution is -2.74. The molecule has 0 unspecified atom stereocenters. The summed E-state index contributed by atoms with van der Waals surface area (Å²) >= 11 is 6.04. The fraction of sp³-hybridized carbons (Fsp3) is 0.421. The standard InChI is InChI=1S/C19H20ClN5O3/c1-27-17-16(21-4-5-22-17)23-9-19(10-23)11-24(12-19)18(26)25-6-7-28-15-8-13(20)2-3-14(15)25/h2-5,8H,6-7,9-12H2,1H3. The largest absolute Gasteiger partial charge is 0.489 e. The number of likely N-dealkylation sites (tertiary alicyclic amines) is 1. The zero-order valence-corrected chi connectivity index (χ0v) is 16.2. The van der Waals surface area contributed by atoms with Gasteiger partial charge in [-0.3, -0.25) is 4.90 Å². The van der Waals surface area contributed by atoms with Gasteiger partial charge in [-0.25, -0.2) is 14.8 Å². The molecule has 1 spiro atoms. The molecule has 0 N–H and O–H groups in total. The second-order valence-electron chi connectivity index (χ2n) is 7.50. The van der Waals surface area contributed by atoms with E-state index in [-0.39, 0.29) is 11.4 Å². The van der Waals surface area contributed by atoms with Gasteiger partial charge in [-0.1, -0.05) is 11.6 Å². The number of urea groups is 1. The summed E-state index contributed by atoms with van der Waals surface area (Å²) in [6.45, 7) is 4.19. The number of carbonyl (C=O) groups excluding carboxylic acids is 1. The van der Waals surface area contributed by atoms with Crippen LogP contribution >= 0.6 is 11.6 Å². The molecule has 1 aromatic carbocycles. The fourth-order valence-corrected chi connectivity index (χ4v) is 4.42. The van der Waals surface area contributed by atoms with Gasteiger partial charge in [0.1, 0.15) is 12.4 Å². The molecule has 4 heterocycles. The maximum Gasteiger partial charge on any atom is 0.324 e. The van der Waals surface area contributed by atoms with Crippen LogP contribution in [0.15, 0.2) is 30.6 Å². The Labute approximate surface area is 167 Å². The Bertz CT molecular complexity index is 926. The number of carbonyl (C=O) groups is 1. The Hall–Kier alpha value is -2.74. The SMILES string of the molecule is COc1nccnc1N1CC2(CN(C(=O)N3CCOc4cc(Cl)ccc43)C2)C1. The first-order chi connectivity index (χ1) is 13.6. The van der Waals surface area contributed by atoms with E-state index < -0.39 is 0 Å². The van der Waals surface area contributed by atoms with Crippen LogP contribution in [0.3, 0.4) is 0 Å². The van der Waals surface area contributed by atoms with E-state index in [0.717, 1.165) is 37.7 Å². The summed E-state index contributed by atoms with van der Waals surface area (Å²) in [6.07, 6.45) is 3.29. The van der Waals surface area contributed by atoms with Crippen molar-refractivity contribution in [3.8, 4) is 11.6 Å². The Balaban J connectivity index is 1.23. The Morgan fingerprint density at radius 2 is 2.00 bits per heavy atom. The monoisotopic (exact) mass is 401 g/mol. The van der Waals surface area contributed by atoms with Crippen LogP contribution in [0.2, 0.25) is 5.02 Å². The molecule has 3 aliphatic heterocycles. The number of ether oxygens (including phenoxy) is 2. The van der Waals surface area contributed by atoms with Gasteiger partial charge in [0.05, 0.1) is 19.3 Å². The highest BCUT2D eigenvalue weighted by Gasteiger charge is 2.55. The van der Waals surface area contributed by atoms with Crippen molar-refractivity contribution < 1.29 is 14.3 Å². The number of aromatic nitrogens is 2. The number of hydrogen-bond donors (Lipinski definition) is 0. The van der Waals surface area contributed by atoms with Gasteiger partial charge in [0.15, 0.2) is 5.82 Å². The van der Waals surface area contributed by atoms with Crippen molar-refractivity contribution in [2.24, 2.45) is 5.41 Å². The molecule has 0 radical (unpaired) electrons. The first kappa shape index (κ1) is 17.4. The minimum Gasteiger partial charge on any atom is -0.489 e. The predicted molar refractivity (Wildman–Crippen MR) is 104 cm³/mol. The number of methoxy groups -OCH3 is 1. The second kappa shape index (κ2) is 6.41. The highest BCUT2D eigenvalue weighted by molar-refractivity contribution is 6.30. The highest BCUT2D eigenvalue weighted by Crippen LogP contribution is 2.44.